The van der Waals surface area contributed by atoms with Crippen LogP contribution in [0.5, 0.6) is 0 Å². The quantitative estimate of drug-likeness (QED) is 0.353. The number of hydrogen-bond donors (Lipinski definition) is 0. The molecule has 0 heterocycles. The molecular formula is C28H42O2. The topological polar surface area (TPSA) is 34.1 Å². The van der Waals surface area contributed by atoms with Crippen LogP contribution in [0.25, 0.3) is 0 Å². The summed E-state index contributed by atoms with van der Waals surface area (Å²) in [5.74, 6) is 3.16. The normalized spacial score (nSPS) is 55.4. The van der Waals surface area contributed by atoms with Gasteiger partial charge in [-0.1, -0.05) is 46.3 Å². The van der Waals surface area contributed by atoms with Crippen LogP contribution in [0, 0.1) is 51.2 Å². The van der Waals surface area contributed by atoms with Gasteiger partial charge in [0.1, 0.15) is 12.1 Å². The smallest absolute Gasteiger partial charge is 0.136 e. The van der Waals surface area contributed by atoms with E-state index in [1.807, 2.05) is 0 Å². The maximum atomic E-state index is 12.5. The van der Waals surface area contributed by atoms with E-state index in [1.54, 1.807) is 5.57 Å². The summed E-state index contributed by atoms with van der Waals surface area (Å²) in [5, 5.41) is 0. The van der Waals surface area contributed by atoms with E-state index in [-0.39, 0.29) is 27.6 Å². The van der Waals surface area contributed by atoms with Gasteiger partial charge in [-0.15, -0.1) is 0 Å². The standard InChI is InChI=1S/C28H42O2/c1-18-8-13-28(17-29)15-14-26(4)21(22(28)16-18)6-7-24-25(3)11-10-23(30)19(2)20(25)9-12-27(24,26)5/h6,17-20,22,24H,7-16H2,1-5H3. The molecule has 9 atom stereocenters. The number of ketones is 1. The highest BCUT2D eigenvalue weighted by Gasteiger charge is 2.66. The molecule has 2 heteroatoms. The Morgan fingerprint density at radius 3 is 2.50 bits per heavy atom. The molecule has 0 bridgehead atoms. The van der Waals surface area contributed by atoms with Crippen molar-refractivity contribution in [1.82, 2.24) is 0 Å². The second-order valence-corrected chi connectivity index (χ2v) is 12.9. The lowest BCUT2D eigenvalue weighted by molar-refractivity contribution is -0.170. The second kappa shape index (κ2) is 6.55. The fraction of sp³-hybridized carbons (Fsp3) is 0.857. The Kier molecular flexibility index (Phi) is 4.57. The third-order valence-corrected chi connectivity index (χ3v) is 12.0. The zero-order valence-electron chi connectivity index (χ0n) is 19.9. The molecule has 2 nitrogen and oxygen atoms in total. The molecule has 0 amide bonds. The van der Waals surface area contributed by atoms with Crippen LogP contribution in [0.3, 0.4) is 0 Å². The Labute approximate surface area is 183 Å². The van der Waals surface area contributed by atoms with E-state index in [4.69, 9.17) is 0 Å². The van der Waals surface area contributed by atoms with Gasteiger partial charge in [-0.25, -0.2) is 0 Å². The minimum atomic E-state index is -0.0894. The van der Waals surface area contributed by atoms with Gasteiger partial charge >= 0.3 is 0 Å². The second-order valence-electron chi connectivity index (χ2n) is 12.9. The Hall–Kier alpha value is -0.920. The highest BCUT2D eigenvalue weighted by molar-refractivity contribution is 5.82. The fourth-order valence-corrected chi connectivity index (χ4v) is 9.78. The number of hydrogen-bond acceptors (Lipinski definition) is 2. The van der Waals surface area contributed by atoms with Gasteiger partial charge < -0.3 is 4.79 Å². The molecule has 0 aromatic heterocycles. The average Bonchev–Trinajstić information content (AvgIpc) is 2.72. The van der Waals surface area contributed by atoms with Crippen LogP contribution < -0.4 is 0 Å². The molecule has 5 aliphatic carbocycles. The average molecular weight is 411 g/mol. The Bertz CT molecular complexity index is 796. The molecule has 4 saturated carbocycles. The molecule has 0 aromatic carbocycles. The first-order valence-electron chi connectivity index (χ1n) is 12.8. The van der Waals surface area contributed by atoms with Crippen LogP contribution in [0.2, 0.25) is 0 Å². The van der Waals surface area contributed by atoms with Crippen molar-refractivity contribution >= 4 is 12.1 Å². The van der Waals surface area contributed by atoms with Gasteiger partial charge in [0, 0.05) is 17.8 Å². The van der Waals surface area contributed by atoms with Crippen molar-refractivity contribution in [3.8, 4) is 0 Å². The number of allylic oxidation sites excluding steroid dienone is 2. The largest absolute Gasteiger partial charge is 0.303 e. The van der Waals surface area contributed by atoms with Crippen LogP contribution in [-0.4, -0.2) is 12.1 Å². The van der Waals surface area contributed by atoms with Crippen molar-refractivity contribution in [2.45, 2.75) is 98.8 Å². The van der Waals surface area contributed by atoms with Gasteiger partial charge in [0.25, 0.3) is 0 Å². The summed E-state index contributed by atoms with van der Waals surface area (Å²) in [4.78, 5) is 24.9. The Morgan fingerprint density at radius 1 is 1.00 bits per heavy atom. The van der Waals surface area contributed by atoms with Crippen molar-refractivity contribution in [2.24, 2.45) is 51.2 Å². The van der Waals surface area contributed by atoms with Gasteiger partial charge in [-0.05, 0) is 97.7 Å². The Morgan fingerprint density at radius 2 is 1.77 bits per heavy atom. The van der Waals surface area contributed by atoms with E-state index < -0.39 is 0 Å². The highest BCUT2D eigenvalue weighted by atomic mass is 16.1. The third-order valence-electron chi connectivity index (χ3n) is 12.0. The molecule has 0 N–H and O–H groups in total. The third kappa shape index (κ3) is 2.43. The Balaban J connectivity index is 1.58. The fourth-order valence-electron chi connectivity index (χ4n) is 9.78. The van der Waals surface area contributed by atoms with E-state index in [0.717, 1.165) is 38.0 Å². The van der Waals surface area contributed by atoms with Crippen LogP contribution >= 0.6 is 0 Å². The summed E-state index contributed by atoms with van der Waals surface area (Å²) in [5.41, 5.74) is 2.35. The molecule has 0 spiro atoms. The van der Waals surface area contributed by atoms with Crippen molar-refractivity contribution in [3.05, 3.63) is 11.6 Å². The lowest BCUT2D eigenvalue weighted by Crippen LogP contribution is -2.62. The first-order chi connectivity index (χ1) is 14.1. The number of rotatable bonds is 1. The number of carbonyl (C=O) groups excluding carboxylic acids is 2. The maximum absolute atomic E-state index is 12.5. The molecule has 5 aliphatic rings. The van der Waals surface area contributed by atoms with E-state index in [1.165, 1.54) is 38.4 Å². The summed E-state index contributed by atoms with van der Waals surface area (Å²) in [6.45, 7) is 12.3. The molecule has 0 saturated heterocycles. The van der Waals surface area contributed by atoms with E-state index in [0.29, 0.717) is 23.5 Å². The minimum absolute atomic E-state index is 0.0894. The maximum Gasteiger partial charge on any atom is 0.136 e. The molecule has 30 heavy (non-hydrogen) atoms. The summed E-state index contributed by atoms with van der Waals surface area (Å²) in [6.07, 6.45) is 15.2. The number of carbonyl (C=O) groups is 2. The van der Waals surface area contributed by atoms with Gasteiger partial charge in [0.05, 0.1) is 0 Å². The van der Waals surface area contributed by atoms with Gasteiger partial charge in [-0.2, -0.15) is 0 Å². The van der Waals surface area contributed by atoms with Crippen molar-refractivity contribution in [2.75, 3.05) is 0 Å². The SMILES string of the molecule is CC1CCC2(C=O)CCC3(C)C(=CCC4C5(C)CCC(=O)C(C)C5CCC43C)C2C1. The van der Waals surface area contributed by atoms with Gasteiger partial charge in [0.15, 0.2) is 0 Å². The van der Waals surface area contributed by atoms with Gasteiger partial charge in [-0.3, -0.25) is 4.79 Å². The monoisotopic (exact) mass is 410 g/mol. The predicted molar refractivity (Wildman–Crippen MR) is 121 cm³/mol. The van der Waals surface area contributed by atoms with E-state index in [2.05, 4.69) is 40.7 Å². The molecule has 0 aromatic rings. The zero-order valence-corrected chi connectivity index (χ0v) is 19.9. The summed E-state index contributed by atoms with van der Waals surface area (Å²) in [7, 11) is 0. The van der Waals surface area contributed by atoms with E-state index >= 15 is 0 Å². The summed E-state index contributed by atoms with van der Waals surface area (Å²) >= 11 is 0. The molecule has 5 rings (SSSR count). The molecule has 0 radical (unpaired) electrons. The molecule has 9 unspecified atom stereocenters. The van der Waals surface area contributed by atoms with Crippen LogP contribution in [0.15, 0.2) is 11.6 Å². The van der Waals surface area contributed by atoms with Gasteiger partial charge in [0.2, 0.25) is 0 Å². The summed E-state index contributed by atoms with van der Waals surface area (Å²) in [6, 6.07) is 0. The van der Waals surface area contributed by atoms with Crippen LogP contribution in [0.4, 0.5) is 0 Å². The molecule has 4 fully saturated rings. The number of aldehydes is 1. The zero-order chi connectivity index (χ0) is 21.5. The molecule has 166 valence electrons. The number of Topliss-reactive ketones (excluding diaryl/α,β-unsaturated/α-hetero) is 1. The van der Waals surface area contributed by atoms with Crippen LogP contribution in [-0.2, 0) is 9.59 Å². The van der Waals surface area contributed by atoms with Crippen molar-refractivity contribution in [1.29, 1.82) is 0 Å². The first kappa shape index (κ1) is 21.0. The minimum Gasteiger partial charge on any atom is -0.303 e. The number of fused-ring (bicyclic) bond motifs is 7. The van der Waals surface area contributed by atoms with Crippen molar-refractivity contribution in [3.63, 3.8) is 0 Å². The lowest BCUT2D eigenvalue weighted by atomic mass is 9.35. The predicted octanol–water partition coefficient (Wildman–Crippen LogP) is 6.78. The van der Waals surface area contributed by atoms with Crippen molar-refractivity contribution < 1.29 is 9.59 Å². The highest BCUT2D eigenvalue weighted by Crippen LogP contribution is 2.74. The molecule has 0 aliphatic heterocycles. The lowest BCUT2D eigenvalue weighted by Gasteiger charge is -2.69. The molecular weight excluding hydrogens is 368 g/mol. The van der Waals surface area contributed by atoms with E-state index in [9.17, 15) is 9.59 Å². The first-order valence-corrected chi connectivity index (χ1v) is 12.8. The van der Waals surface area contributed by atoms with Crippen LogP contribution in [0.1, 0.15) is 98.8 Å². The summed E-state index contributed by atoms with van der Waals surface area (Å²) < 4.78 is 0.